The van der Waals surface area contributed by atoms with E-state index in [1.54, 1.807) is 18.2 Å². The summed E-state index contributed by atoms with van der Waals surface area (Å²) in [4.78, 5) is 34.2. The lowest BCUT2D eigenvalue weighted by Crippen LogP contribution is -2.26. The Morgan fingerprint density at radius 1 is 1.14 bits per heavy atom. The summed E-state index contributed by atoms with van der Waals surface area (Å²) >= 11 is 13.1. The molecule has 1 saturated carbocycles. The van der Waals surface area contributed by atoms with E-state index in [4.69, 9.17) is 38.1 Å². The lowest BCUT2D eigenvalue weighted by Gasteiger charge is -2.22. The number of amidine groups is 1. The Morgan fingerprint density at radius 3 is 2.62 bits per heavy atom. The molecule has 2 aliphatic rings. The number of nitrogens with one attached hydrogen (secondary N) is 3. The van der Waals surface area contributed by atoms with Crippen LogP contribution in [0.4, 0.5) is 20.3 Å². The van der Waals surface area contributed by atoms with Crippen LogP contribution in [0.2, 0.25) is 10.0 Å². The van der Waals surface area contributed by atoms with E-state index in [0.29, 0.717) is 52.0 Å². The molecule has 0 saturated heterocycles. The van der Waals surface area contributed by atoms with Crippen molar-refractivity contribution in [2.24, 2.45) is 10.9 Å². The number of benzene rings is 1. The van der Waals surface area contributed by atoms with Crippen molar-refractivity contribution in [1.82, 2.24) is 10.3 Å². The zero-order valence-corrected chi connectivity index (χ0v) is 24.7. The number of ether oxygens (including phenoxy) is 2. The number of aliphatic imine (C=N–C) groups is 1. The fourth-order valence-corrected chi connectivity index (χ4v) is 5.57. The Balaban J connectivity index is 1.63. The number of pyridine rings is 1. The van der Waals surface area contributed by atoms with Crippen molar-refractivity contribution in [1.29, 1.82) is 5.41 Å². The maximum atomic E-state index is 13.4. The van der Waals surface area contributed by atoms with Crippen LogP contribution >= 0.6 is 23.2 Å². The number of carbonyl (C=O) groups excluding carboxylic acids is 2. The molecule has 0 atom stereocenters. The molecule has 1 aromatic heterocycles. The molecule has 2 heterocycles. The number of hydrogen-bond acceptors (Lipinski definition) is 8. The smallest absolute Gasteiger partial charge is 0.272 e. The summed E-state index contributed by atoms with van der Waals surface area (Å²) < 4.78 is 36.3. The van der Waals surface area contributed by atoms with E-state index in [2.05, 4.69) is 20.6 Å². The molecule has 0 spiro atoms. The minimum atomic E-state index is -2.78. The summed E-state index contributed by atoms with van der Waals surface area (Å²) in [5.74, 6) is -0.601. The number of nitrogens with zero attached hydrogens (tertiary/aromatic N) is 2. The number of alkyl halides is 2. The van der Waals surface area contributed by atoms with E-state index in [-0.39, 0.29) is 47.9 Å². The molecule has 1 aromatic carbocycles. The third-order valence-electron chi connectivity index (χ3n) is 7.18. The first kappa shape index (κ1) is 31.8. The number of fused-ring (bicyclic) bond motifs is 1. The molecule has 2 aromatic rings. The number of methoxy groups -OCH3 is 1. The third kappa shape index (κ3) is 8.02. The molecular formula is C29H33Cl2F2N5O4. The van der Waals surface area contributed by atoms with Crippen LogP contribution in [-0.4, -0.2) is 55.0 Å². The highest BCUT2D eigenvalue weighted by atomic mass is 35.5. The van der Waals surface area contributed by atoms with Gasteiger partial charge in [-0.1, -0.05) is 48.5 Å². The highest BCUT2D eigenvalue weighted by Gasteiger charge is 2.29. The molecule has 13 heteroatoms. The standard InChI is InChI=1S/C29H33Cl2F2N5O4/c1-41-15-23(39)35-13-18-10-11-20(30)26(24(18)31)36-22-9-5-8-17-12-19(27(40)25(34)16-6-3-2-4-7-16)29(38-28(17)37-22)42-14-21(32)33/h10-12,16,21,34H,2-9,13-15H2,1H3,(H,35,39)(H,36,37,38). The molecule has 226 valence electrons. The van der Waals surface area contributed by atoms with E-state index in [0.717, 1.165) is 32.1 Å². The van der Waals surface area contributed by atoms with Gasteiger partial charge in [-0.3, -0.25) is 9.59 Å². The van der Waals surface area contributed by atoms with E-state index >= 15 is 0 Å². The van der Waals surface area contributed by atoms with Gasteiger partial charge in [-0.2, -0.15) is 4.98 Å². The van der Waals surface area contributed by atoms with Crippen LogP contribution in [0.5, 0.6) is 5.88 Å². The number of hydrogen-bond donors (Lipinski definition) is 3. The number of aromatic nitrogens is 1. The first-order valence-electron chi connectivity index (χ1n) is 13.8. The Labute approximate surface area is 252 Å². The van der Waals surface area contributed by atoms with Gasteiger partial charge in [0.25, 0.3) is 6.43 Å². The number of halogens is 4. The van der Waals surface area contributed by atoms with Crippen molar-refractivity contribution in [2.75, 3.05) is 25.6 Å². The number of amides is 1. The molecule has 1 aliphatic carbocycles. The van der Waals surface area contributed by atoms with Crippen LogP contribution in [0.1, 0.15) is 66.4 Å². The SMILES string of the molecule is COCC(=O)NCc1ccc(Cl)c(NC2=Nc3nc(OCC(F)F)c(C(=O)C(=N)C4CCCCC4)cc3CCC2)c1Cl. The predicted molar refractivity (Wildman–Crippen MR) is 158 cm³/mol. The normalized spacial score (nSPS) is 15.4. The number of carbonyl (C=O) groups is 2. The molecule has 0 bridgehead atoms. The Bertz CT molecular complexity index is 1370. The second kappa shape index (κ2) is 14.8. The van der Waals surface area contributed by atoms with E-state index < -0.39 is 18.8 Å². The monoisotopic (exact) mass is 623 g/mol. The minimum Gasteiger partial charge on any atom is -0.471 e. The van der Waals surface area contributed by atoms with Crippen molar-refractivity contribution in [3.8, 4) is 5.88 Å². The Morgan fingerprint density at radius 2 is 1.90 bits per heavy atom. The van der Waals surface area contributed by atoms with Gasteiger partial charge in [0.2, 0.25) is 17.6 Å². The quantitative estimate of drug-likeness (QED) is 0.192. The van der Waals surface area contributed by atoms with Gasteiger partial charge in [0, 0.05) is 26.0 Å². The molecular weight excluding hydrogens is 591 g/mol. The first-order chi connectivity index (χ1) is 20.2. The average molecular weight is 625 g/mol. The summed E-state index contributed by atoms with van der Waals surface area (Å²) in [6.07, 6.45) is 3.31. The summed E-state index contributed by atoms with van der Waals surface area (Å²) in [5.41, 5.74) is 1.61. The minimum absolute atomic E-state index is 0.00546. The number of ketones is 1. The van der Waals surface area contributed by atoms with E-state index in [9.17, 15) is 18.4 Å². The van der Waals surface area contributed by atoms with Crippen LogP contribution in [-0.2, 0) is 22.5 Å². The third-order valence-corrected chi connectivity index (χ3v) is 7.93. The molecule has 4 rings (SSSR count). The fourth-order valence-electron chi connectivity index (χ4n) is 5.03. The maximum absolute atomic E-state index is 13.4. The van der Waals surface area contributed by atoms with Gasteiger partial charge in [-0.15, -0.1) is 0 Å². The molecule has 1 aliphatic heterocycles. The topological polar surface area (TPSA) is 126 Å². The molecule has 0 radical (unpaired) electrons. The summed E-state index contributed by atoms with van der Waals surface area (Å²) in [7, 11) is 1.42. The maximum Gasteiger partial charge on any atom is 0.272 e. The van der Waals surface area contributed by atoms with Crippen molar-refractivity contribution in [3.05, 3.63) is 44.9 Å². The predicted octanol–water partition coefficient (Wildman–Crippen LogP) is 6.56. The molecule has 42 heavy (non-hydrogen) atoms. The van der Waals surface area contributed by atoms with Crippen LogP contribution in [0, 0.1) is 11.3 Å². The lowest BCUT2D eigenvalue weighted by atomic mass is 9.83. The molecule has 1 amide bonds. The number of rotatable bonds is 11. The zero-order chi connectivity index (χ0) is 30.2. The van der Waals surface area contributed by atoms with Gasteiger partial charge in [0.15, 0.2) is 12.4 Å². The van der Waals surface area contributed by atoms with Gasteiger partial charge in [0.05, 0.1) is 27.0 Å². The number of aryl methyl sites for hydroxylation is 1. The van der Waals surface area contributed by atoms with Gasteiger partial charge in [-0.05, 0) is 48.9 Å². The van der Waals surface area contributed by atoms with Crippen LogP contribution in [0.3, 0.4) is 0 Å². The van der Waals surface area contributed by atoms with Gasteiger partial charge in [0.1, 0.15) is 12.4 Å². The number of anilines is 1. The molecule has 9 nitrogen and oxygen atoms in total. The van der Waals surface area contributed by atoms with Gasteiger partial charge in [-0.25, -0.2) is 13.8 Å². The van der Waals surface area contributed by atoms with Gasteiger partial charge < -0.3 is 25.5 Å². The highest BCUT2D eigenvalue weighted by molar-refractivity contribution is 6.46. The largest absolute Gasteiger partial charge is 0.471 e. The van der Waals surface area contributed by atoms with E-state index in [1.165, 1.54) is 7.11 Å². The van der Waals surface area contributed by atoms with Crippen molar-refractivity contribution in [2.45, 2.75) is 64.3 Å². The molecule has 1 fully saturated rings. The highest BCUT2D eigenvalue weighted by Crippen LogP contribution is 2.36. The van der Waals surface area contributed by atoms with E-state index in [1.807, 2.05) is 0 Å². The van der Waals surface area contributed by atoms with Crippen LogP contribution in [0.15, 0.2) is 23.2 Å². The Hall–Kier alpha value is -3.15. The van der Waals surface area contributed by atoms with Gasteiger partial charge >= 0.3 is 0 Å². The van der Waals surface area contributed by atoms with Crippen LogP contribution in [0.25, 0.3) is 0 Å². The lowest BCUT2D eigenvalue weighted by molar-refractivity contribution is -0.124. The second-order valence-electron chi connectivity index (χ2n) is 10.2. The zero-order valence-electron chi connectivity index (χ0n) is 23.2. The van der Waals surface area contributed by atoms with Crippen LogP contribution < -0.4 is 15.4 Å². The first-order valence-corrected chi connectivity index (χ1v) is 14.6. The van der Waals surface area contributed by atoms with Crippen molar-refractivity contribution >= 4 is 57.9 Å². The number of Topliss-reactive ketones (excluding diaryl/α,β-unsaturated/α-hetero) is 1. The fraction of sp³-hybridized carbons (Fsp3) is 0.483. The molecule has 3 N–H and O–H groups in total. The van der Waals surface area contributed by atoms with Crippen molar-refractivity contribution < 1.29 is 27.8 Å². The second-order valence-corrected chi connectivity index (χ2v) is 11.0. The van der Waals surface area contributed by atoms with Crippen molar-refractivity contribution in [3.63, 3.8) is 0 Å². The summed E-state index contributed by atoms with van der Waals surface area (Å²) in [6.45, 7) is -0.880. The molecule has 0 unspecified atom stereocenters. The summed E-state index contributed by atoms with van der Waals surface area (Å²) in [6, 6.07) is 4.91. The average Bonchev–Trinajstić information content (AvgIpc) is 3.18. The summed E-state index contributed by atoms with van der Waals surface area (Å²) in [5, 5.41) is 15.0. The Kier molecular flexibility index (Phi) is 11.2.